The number of ketones is 1. The van der Waals surface area contributed by atoms with Crippen molar-refractivity contribution in [1.82, 2.24) is 0 Å². The maximum absolute atomic E-state index is 12.3. The molecule has 1 rings (SSSR count). The summed E-state index contributed by atoms with van der Waals surface area (Å²) in [5.41, 5.74) is -1.22. The number of rotatable bonds is 5. The van der Waals surface area contributed by atoms with Crippen LogP contribution in [0.25, 0.3) is 0 Å². The number of benzene rings is 1. The summed E-state index contributed by atoms with van der Waals surface area (Å²) in [6.45, 7) is 8.79. The first-order chi connectivity index (χ1) is 8.70. The Bertz CT molecular complexity index is 464. The van der Waals surface area contributed by atoms with E-state index in [1.807, 2.05) is 20.8 Å². The van der Waals surface area contributed by atoms with Crippen LogP contribution in [0, 0.1) is 11.5 Å². The van der Waals surface area contributed by atoms with Gasteiger partial charge in [0, 0.05) is 0 Å². The molecular weight excluding hydrogens is 491 g/mol. The standard InChI is InChI=1S/C16H21O3.Cf/c1-6-15(2,3)14(18)19-16(4,5)13(17)12-10-8-7-9-11-12;/h8-11H,6H2,1-5H3;/q-1;. The largest absolute Gasteiger partial charge is 0.451 e. The van der Waals surface area contributed by atoms with Crippen molar-refractivity contribution < 1.29 is 14.3 Å². The average molecular weight is 512 g/mol. The summed E-state index contributed by atoms with van der Waals surface area (Å²) in [5, 5.41) is 0. The third-order valence-corrected chi connectivity index (χ3v) is 3.31. The van der Waals surface area contributed by atoms with Crippen molar-refractivity contribution in [3.8, 4) is 0 Å². The zero-order valence-electron chi connectivity index (χ0n) is 12.6. The summed E-state index contributed by atoms with van der Waals surface area (Å²) in [5.74, 6) is -0.558. The van der Waals surface area contributed by atoms with Gasteiger partial charge in [0.25, 0.3) is 0 Å². The van der Waals surface area contributed by atoms with Gasteiger partial charge in [0.05, 0.1) is 5.41 Å². The molecule has 0 N–H and O–H groups in total. The topological polar surface area (TPSA) is 43.4 Å². The van der Waals surface area contributed by atoms with Crippen molar-refractivity contribution in [3.05, 3.63) is 35.9 Å². The number of esters is 1. The van der Waals surface area contributed by atoms with Gasteiger partial charge in [-0.3, -0.25) is 9.59 Å². The van der Waals surface area contributed by atoms with Gasteiger partial charge in [-0.15, -0.1) is 0 Å². The van der Waals surface area contributed by atoms with E-state index in [2.05, 4.69) is 6.07 Å². The molecule has 0 saturated heterocycles. The predicted molar refractivity (Wildman–Crippen MR) is 73.9 cm³/mol. The van der Waals surface area contributed by atoms with Gasteiger partial charge < -0.3 is 4.74 Å². The maximum atomic E-state index is 12.3. The molecule has 0 atom stereocenters. The fraction of sp³-hybridized carbons (Fsp3) is 0.500. The van der Waals surface area contributed by atoms with Crippen molar-refractivity contribution in [2.45, 2.75) is 46.6 Å². The first kappa shape index (κ1) is 17.4. The number of ether oxygens (including phenoxy) is 1. The van der Waals surface area contributed by atoms with Gasteiger partial charge >= 0.3 is 5.97 Å². The van der Waals surface area contributed by atoms with Crippen LogP contribution in [0.4, 0.5) is 0 Å². The third kappa shape index (κ3) is 3.67. The Morgan fingerprint density at radius 2 is 1.65 bits per heavy atom. The van der Waals surface area contributed by atoms with Crippen LogP contribution in [-0.4, -0.2) is 17.4 Å². The van der Waals surface area contributed by atoms with Crippen LogP contribution in [0.3, 0.4) is 0 Å². The Labute approximate surface area is 115 Å². The van der Waals surface area contributed by atoms with E-state index in [9.17, 15) is 9.59 Å². The minimum atomic E-state index is -1.16. The van der Waals surface area contributed by atoms with Gasteiger partial charge in [-0.2, -0.15) is 30.3 Å². The second kappa shape index (κ2) is 6.00. The third-order valence-electron chi connectivity index (χ3n) is 3.31. The Balaban J connectivity index is 0.00000361. The minimum absolute atomic E-state index is 0. The molecule has 0 fully saturated rings. The normalized spacial score (nSPS) is 11.4. The molecule has 0 saturated carbocycles. The smallest absolute Gasteiger partial charge is 0.312 e. The molecule has 0 aliphatic carbocycles. The van der Waals surface area contributed by atoms with Crippen molar-refractivity contribution in [2.75, 3.05) is 0 Å². The van der Waals surface area contributed by atoms with Crippen LogP contribution < -0.4 is 0 Å². The molecule has 0 spiro atoms. The molecule has 0 aliphatic rings. The van der Waals surface area contributed by atoms with Gasteiger partial charge in [-0.25, -0.2) is 0 Å². The Morgan fingerprint density at radius 3 is 2.10 bits per heavy atom. The van der Waals surface area contributed by atoms with Crippen LogP contribution in [0.2, 0.25) is 0 Å². The fourth-order valence-electron chi connectivity index (χ4n) is 1.45. The summed E-state index contributed by atoms with van der Waals surface area (Å²) in [6.07, 6.45) is 0.663. The van der Waals surface area contributed by atoms with E-state index in [-0.39, 0.29) is 11.8 Å². The number of carbonyl (C=O) groups excluding carboxylic acids is 2. The van der Waals surface area contributed by atoms with Gasteiger partial charge in [-0.1, -0.05) is 12.5 Å². The SMILES string of the molecule is CCC(C)(C)C(=O)OC(C)(C)C(=O)c1cc[c-]cc1.[Cf]. The molecule has 0 amide bonds. The minimum Gasteiger partial charge on any atom is -0.451 e. The number of carbonyl (C=O) groups is 2. The number of hydrogen-bond donors (Lipinski definition) is 0. The first-order valence-corrected chi connectivity index (χ1v) is 6.45. The summed E-state index contributed by atoms with van der Waals surface area (Å²) in [6, 6.07) is 9.53. The molecule has 114 valence electrons. The van der Waals surface area contributed by atoms with Crippen LogP contribution in [-0.2, 0) is 9.53 Å². The molecule has 20 heavy (non-hydrogen) atoms. The second-order valence-electron chi connectivity index (χ2n) is 5.76. The molecule has 1 aromatic rings. The zero-order chi connectivity index (χ0) is 14.7. The molecule has 1 aromatic carbocycles. The van der Waals surface area contributed by atoms with E-state index < -0.39 is 11.0 Å². The van der Waals surface area contributed by atoms with E-state index >= 15 is 0 Å². The van der Waals surface area contributed by atoms with E-state index in [1.165, 1.54) is 0 Å². The van der Waals surface area contributed by atoms with E-state index in [0.717, 1.165) is 0 Å². The van der Waals surface area contributed by atoms with Crippen molar-refractivity contribution in [2.24, 2.45) is 5.41 Å². The van der Waals surface area contributed by atoms with Gasteiger partial charge in [-0.05, 0) is 34.1 Å². The molecule has 0 bridgehead atoms. The monoisotopic (exact) mass is 510 g/mol. The summed E-state index contributed by atoms with van der Waals surface area (Å²) in [4.78, 5) is 24.4. The second-order valence-corrected chi connectivity index (χ2v) is 5.76. The van der Waals surface area contributed by atoms with Crippen LogP contribution >= 0.6 is 0 Å². The number of hydrogen-bond acceptors (Lipinski definition) is 3. The van der Waals surface area contributed by atoms with Crippen molar-refractivity contribution in [3.63, 3.8) is 0 Å². The quantitative estimate of drug-likeness (QED) is 0.345. The Morgan fingerprint density at radius 1 is 1.15 bits per heavy atom. The summed E-state index contributed by atoms with van der Waals surface area (Å²) in [7, 11) is 0. The molecular formula is C16H21CfO3-. The molecule has 0 heterocycles. The summed E-state index contributed by atoms with van der Waals surface area (Å²) >= 11 is 0. The molecule has 3 nitrogen and oxygen atoms in total. The predicted octanol–water partition coefficient (Wildman–Crippen LogP) is 3.43. The average Bonchev–Trinajstić information content (AvgIpc) is 2.38. The summed E-state index contributed by atoms with van der Waals surface area (Å²) < 4.78 is 5.41. The van der Waals surface area contributed by atoms with E-state index in [1.54, 1.807) is 38.1 Å². The Hall–Kier alpha value is -2.64. The van der Waals surface area contributed by atoms with Crippen LogP contribution in [0.1, 0.15) is 51.4 Å². The molecule has 0 radical (unpaired) electrons. The molecule has 0 aromatic heterocycles. The van der Waals surface area contributed by atoms with Crippen molar-refractivity contribution >= 4 is 11.8 Å². The van der Waals surface area contributed by atoms with Crippen molar-refractivity contribution in [1.29, 1.82) is 0 Å². The van der Waals surface area contributed by atoms with E-state index in [4.69, 9.17) is 4.74 Å². The fourth-order valence-corrected chi connectivity index (χ4v) is 1.45. The van der Waals surface area contributed by atoms with Gasteiger partial charge in [0.2, 0.25) is 0 Å². The molecule has 0 unspecified atom stereocenters. The zero-order valence-corrected chi connectivity index (χ0v) is 15.2. The maximum Gasteiger partial charge on any atom is 0.312 e. The molecule has 4 heteroatoms. The Kier molecular flexibility index (Phi) is 5.21. The van der Waals surface area contributed by atoms with Crippen LogP contribution in [0.15, 0.2) is 24.3 Å². The number of Topliss-reactive ketones (excluding diaryl/α,β-unsaturated/α-hetero) is 1. The van der Waals surface area contributed by atoms with E-state index in [0.29, 0.717) is 12.0 Å². The van der Waals surface area contributed by atoms with Gasteiger partial charge in [0.15, 0.2) is 11.4 Å². The first-order valence-electron chi connectivity index (χ1n) is 6.45. The molecule has 0 aliphatic heterocycles. The van der Waals surface area contributed by atoms with Gasteiger partial charge in [0.1, 0.15) is 0 Å². The van der Waals surface area contributed by atoms with Crippen LogP contribution in [0.5, 0.6) is 0 Å².